The normalized spacial score (nSPS) is 17.9. The third-order valence-corrected chi connectivity index (χ3v) is 2.91. The van der Waals surface area contributed by atoms with Gasteiger partial charge in [0, 0.05) is 5.56 Å². The first-order valence-corrected chi connectivity index (χ1v) is 5.97. The van der Waals surface area contributed by atoms with Crippen LogP contribution in [0.3, 0.4) is 0 Å². The van der Waals surface area contributed by atoms with Crippen LogP contribution in [-0.2, 0) is 0 Å². The molecule has 2 N–H and O–H groups in total. The van der Waals surface area contributed by atoms with Crippen molar-refractivity contribution in [2.24, 2.45) is 0 Å². The number of carbonyl (C=O) groups is 1. The Morgan fingerprint density at radius 1 is 1.59 bits per heavy atom. The number of ketones is 1. The predicted molar refractivity (Wildman–Crippen MR) is 67.9 cm³/mol. The molecule has 1 aliphatic heterocycles. The van der Waals surface area contributed by atoms with Crippen molar-refractivity contribution in [3.05, 3.63) is 23.8 Å². The number of fused-ring (bicyclic) bond motifs is 1. The minimum absolute atomic E-state index is 0.0923. The monoisotopic (exact) mass is 234 g/mol. The molecule has 4 heteroatoms. The van der Waals surface area contributed by atoms with Crippen molar-refractivity contribution in [2.75, 3.05) is 25.5 Å². The Hall–Kier alpha value is -1.55. The average molecular weight is 234 g/mol. The molecule has 1 atom stereocenters. The fourth-order valence-electron chi connectivity index (χ4n) is 1.88. The number of likely N-dealkylation sites (N-methyl/N-ethyl adjacent to an activating group) is 1. The number of carbonyl (C=O) groups excluding carboxylic acids is 1. The van der Waals surface area contributed by atoms with Gasteiger partial charge in [-0.15, -0.1) is 0 Å². The maximum Gasteiger partial charge on any atom is 0.176 e. The fraction of sp³-hybridized carbons (Fsp3) is 0.462. The zero-order valence-corrected chi connectivity index (χ0v) is 10.2. The van der Waals surface area contributed by atoms with Crippen LogP contribution in [0.2, 0.25) is 0 Å². The molecular weight excluding hydrogens is 216 g/mol. The van der Waals surface area contributed by atoms with Crippen LogP contribution in [0, 0.1) is 0 Å². The number of anilines is 1. The summed E-state index contributed by atoms with van der Waals surface area (Å²) in [5, 5.41) is 6.16. The highest BCUT2D eigenvalue weighted by atomic mass is 16.5. The molecule has 2 rings (SSSR count). The molecule has 1 heterocycles. The standard InChI is InChI=1S/C13H18N2O2/c1-3-10-7-15-11-6-9(12(16)8-14-2)4-5-13(11)17-10/h4-6,10,14-15H,3,7-8H2,1-2H3. The molecule has 0 bridgehead atoms. The van der Waals surface area contributed by atoms with Gasteiger partial charge in [-0.3, -0.25) is 4.79 Å². The van der Waals surface area contributed by atoms with Gasteiger partial charge in [0.15, 0.2) is 5.78 Å². The minimum atomic E-state index is 0.0923. The van der Waals surface area contributed by atoms with E-state index < -0.39 is 0 Å². The van der Waals surface area contributed by atoms with E-state index in [1.807, 2.05) is 18.2 Å². The summed E-state index contributed by atoms with van der Waals surface area (Å²) < 4.78 is 5.79. The number of nitrogens with one attached hydrogen (secondary N) is 2. The van der Waals surface area contributed by atoms with E-state index in [0.717, 1.165) is 24.4 Å². The van der Waals surface area contributed by atoms with Crippen LogP contribution in [0.25, 0.3) is 0 Å². The summed E-state index contributed by atoms with van der Waals surface area (Å²) in [5.41, 5.74) is 1.63. The van der Waals surface area contributed by atoms with Crippen molar-refractivity contribution in [1.82, 2.24) is 5.32 Å². The second-order valence-electron chi connectivity index (χ2n) is 4.19. The zero-order valence-electron chi connectivity index (χ0n) is 10.2. The fourth-order valence-corrected chi connectivity index (χ4v) is 1.88. The van der Waals surface area contributed by atoms with Crippen molar-refractivity contribution in [2.45, 2.75) is 19.4 Å². The van der Waals surface area contributed by atoms with Crippen LogP contribution in [0.4, 0.5) is 5.69 Å². The molecule has 1 aromatic carbocycles. The van der Waals surface area contributed by atoms with E-state index in [9.17, 15) is 4.79 Å². The molecule has 0 aliphatic carbocycles. The van der Waals surface area contributed by atoms with Crippen LogP contribution in [-0.4, -0.2) is 32.0 Å². The lowest BCUT2D eigenvalue weighted by Crippen LogP contribution is -2.30. The zero-order chi connectivity index (χ0) is 12.3. The lowest BCUT2D eigenvalue weighted by atomic mass is 10.1. The van der Waals surface area contributed by atoms with Crippen molar-refractivity contribution in [3.8, 4) is 5.75 Å². The van der Waals surface area contributed by atoms with Gasteiger partial charge in [0.05, 0.1) is 18.8 Å². The maximum absolute atomic E-state index is 11.7. The van der Waals surface area contributed by atoms with Crippen LogP contribution in [0.1, 0.15) is 23.7 Å². The number of ether oxygens (including phenoxy) is 1. The van der Waals surface area contributed by atoms with Gasteiger partial charge in [0.25, 0.3) is 0 Å². The first-order chi connectivity index (χ1) is 8.24. The van der Waals surface area contributed by atoms with E-state index in [-0.39, 0.29) is 11.9 Å². The predicted octanol–water partition coefficient (Wildman–Crippen LogP) is 1.67. The number of benzene rings is 1. The Labute approximate surface area is 101 Å². The molecule has 0 saturated carbocycles. The molecule has 0 amide bonds. The van der Waals surface area contributed by atoms with E-state index >= 15 is 0 Å². The second kappa shape index (κ2) is 5.19. The first kappa shape index (κ1) is 11.9. The highest BCUT2D eigenvalue weighted by Gasteiger charge is 2.18. The summed E-state index contributed by atoms with van der Waals surface area (Å²) in [5.74, 6) is 0.929. The Kier molecular flexibility index (Phi) is 3.64. The molecule has 1 aliphatic rings. The van der Waals surface area contributed by atoms with Gasteiger partial charge >= 0.3 is 0 Å². The van der Waals surface area contributed by atoms with Gasteiger partial charge < -0.3 is 15.4 Å². The molecule has 0 radical (unpaired) electrons. The number of hydrogen-bond acceptors (Lipinski definition) is 4. The summed E-state index contributed by atoms with van der Waals surface area (Å²) in [6.45, 7) is 3.26. The number of rotatable bonds is 4. The lowest BCUT2D eigenvalue weighted by molar-refractivity contribution is 0.0993. The van der Waals surface area contributed by atoms with Crippen molar-refractivity contribution < 1.29 is 9.53 Å². The third kappa shape index (κ3) is 2.58. The maximum atomic E-state index is 11.7. The number of hydrogen-bond donors (Lipinski definition) is 2. The summed E-state index contributed by atoms with van der Waals surface area (Å²) >= 11 is 0. The van der Waals surface area contributed by atoms with Crippen molar-refractivity contribution in [3.63, 3.8) is 0 Å². The Balaban J connectivity index is 2.18. The van der Waals surface area contributed by atoms with Gasteiger partial charge in [0.2, 0.25) is 0 Å². The highest BCUT2D eigenvalue weighted by Crippen LogP contribution is 2.30. The Morgan fingerprint density at radius 3 is 3.12 bits per heavy atom. The van der Waals surface area contributed by atoms with Crippen LogP contribution in [0.15, 0.2) is 18.2 Å². The molecule has 0 saturated heterocycles. The summed E-state index contributed by atoms with van der Waals surface area (Å²) in [7, 11) is 1.77. The first-order valence-electron chi connectivity index (χ1n) is 5.97. The molecule has 0 spiro atoms. The average Bonchev–Trinajstić information content (AvgIpc) is 2.37. The van der Waals surface area contributed by atoms with Gasteiger partial charge in [-0.25, -0.2) is 0 Å². The van der Waals surface area contributed by atoms with Gasteiger partial charge in [-0.1, -0.05) is 6.92 Å². The van der Waals surface area contributed by atoms with E-state index in [2.05, 4.69) is 17.6 Å². The van der Waals surface area contributed by atoms with Crippen LogP contribution in [0.5, 0.6) is 5.75 Å². The topological polar surface area (TPSA) is 50.4 Å². The summed E-state index contributed by atoms with van der Waals surface area (Å²) in [6, 6.07) is 5.55. The van der Waals surface area contributed by atoms with Crippen molar-refractivity contribution in [1.29, 1.82) is 0 Å². The molecule has 1 aromatic rings. The Morgan fingerprint density at radius 2 is 2.41 bits per heavy atom. The van der Waals surface area contributed by atoms with E-state index in [1.165, 1.54) is 0 Å². The minimum Gasteiger partial charge on any atom is -0.486 e. The van der Waals surface area contributed by atoms with Gasteiger partial charge in [-0.2, -0.15) is 0 Å². The summed E-state index contributed by atoms with van der Waals surface area (Å²) in [4.78, 5) is 11.7. The van der Waals surface area contributed by atoms with E-state index in [0.29, 0.717) is 12.1 Å². The van der Waals surface area contributed by atoms with Gasteiger partial charge in [-0.05, 0) is 31.7 Å². The van der Waals surface area contributed by atoms with Crippen LogP contribution >= 0.6 is 0 Å². The smallest absolute Gasteiger partial charge is 0.176 e. The molecule has 1 unspecified atom stereocenters. The van der Waals surface area contributed by atoms with E-state index in [1.54, 1.807) is 7.05 Å². The largest absolute Gasteiger partial charge is 0.486 e. The number of Topliss-reactive ketones (excluding diaryl/α,β-unsaturated/α-hetero) is 1. The van der Waals surface area contributed by atoms with Gasteiger partial charge in [0.1, 0.15) is 11.9 Å². The molecule has 17 heavy (non-hydrogen) atoms. The van der Waals surface area contributed by atoms with Crippen LogP contribution < -0.4 is 15.4 Å². The Bertz CT molecular complexity index is 418. The molecule has 92 valence electrons. The lowest BCUT2D eigenvalue weighted by Gasteiger charge is -2.26. The third-order valence-electron chi connectivity index (χ3n) is 2.91. The summed E-state index contributed by atoms with van der Waals surface area (Å²) in [6.07, 6.45) is 1.20. The quantitative estimate of drug-likeness (QED) is 0.778. The van der Waals surface area contributed by atoms with E-state index in [4.69, 9.17) is 4.74 Å². The molecule has 0 aromatic heterocycles. The molecule has 4 nitrogen and oxygen atoms in total. The molecular formula is C13H18N2O2. The second-order valence-corrected chi connectivity index (χ2v) is 4.19. The molecule has 0 fully saturated rings. The SMILES string of the molecule is CCC1CNc2cc(C(=O)CNC)ccc2O1. The van der Waals surface area contributed by atoms with Crippen molar-refractivity contribution >= 4 is 11.5 Å². The highest BCUT2D eigenvalue weighted by molar-refractivity contribution is 5.98.